The van der Waals surface area contributed by atoms with Crippen LogP contribution in [-0.2, 0) is 6.42 Å². The van der Waals surface area contributed by atoms with E-state index < -0.39 is 0 Å². The highest BCUT2D eigenvalue weighted by molar-refractivity contribution is 5.85. The van der Waals surface area contributed by atoms with Crippen molar-refractivity contribution in [2.45, 2.75) is 122 Å². The molecule has 2 N–H and O–H groups in total. The number of nitrogens with one attached hydrogen (secondary N) is 2. The summed E-state index contributed by atoms with van der Waals surface area (Å²) in [7, 11) is 0. The summed E-state index contributed by atoms with van der Waals surface area (Å²) in [5, 5.41) is 7.49. The smallest absolute Gasteiger partial charge is 0.123 e. The molecule has 274 valence electrons. The lowest BCUT2D eigenvalue weighted by molar-refractivity contribution is 0.628. The number of aryl methyl sites for hydroxylation is 1. The zero-order chi connectivity index (χ0) is 36.8. The number of aromatic nitrogens is 2. The summed E-state index contributed by atoms with van der Waals surface area (Å²) in [4.78, 5) is 9.52. The number of fused-ring (bicyclic) bond motifs is 1. The molecule has 2 aromatic carbocycles. The normalized spacial score (nSPS) is 12.0. The fraction of sp³-hybridized carbons (Fsp3) is 0.467. The molecule has 1 unspecified atom stereocenters. The van der Waals surface area contributed by atoms with Gasteiger partial charge in [-0.1, -0.05) is 94.2 Å². The lowest BCUT2D eigenvalue weighted by atomic mass is 9.91. The van der Waals surface area contributed by atoms with Crippen LogP contribution in [0.2, 0.25) is 0 Å². The Balaban J connectivity index is 0.00000136. The van der Waals surface area contributed by atoms with E-state index in [0.717, 1.165) is 77.4 Å². The predicted molar refractivity (Wildman–Crippen MR) is 220 cm³/mol. The summed E-state index contributed by atoms with van der Waals surface area (Å²) in [6, 6.07) is 19.7. The second kappa shape index (κ2) is 25.8. The molecule has 0 radical (unpaired) electrons. The van der Waals surface area contributed by atoms with Crippen molar-refractivity contribution in [2.24, 2.45) is 5.92 Å². The lowest BCUT2D eigenvalue weighted by Gasteiger charge is -2.19. The maximum Gasteiger partial charge on any atom is 0.123 e. The number of allylic oxidation sites excluding steroid dienone is 1. The second-order valence-corrected chi connectivity index (χ2v) is 12.0. The molecule has 1 aliphatic rings. The van der Waals surface area contributed by atoms with Crippen molar-refractivity contribution >= 4 is 16.6 Å². The first-order valence-corrected chi connectivity index (χ1v) is 18.4. The molecule has 0 spiro atoms. The van der Waals surface area contributed by atoms with Crippen molar-refractivity contribution in [3.05, 3.63) is 101 Å². The van der Waals surface area contributed by atoms with Crippen LogP contribution in [-0.4, -0.2) is 23.1 Å². The van der Waals surface area contributed by atoms with E-state index in [1.165, 1.54) is 41.7 Å². The third-order valence-corrected chi connectivity index (χ3v) is 8.16. The third kappa shape index (κ3) is 15.2. The number of rotatable bonds is 10. The van der Waals surface area contributed by atoms with Gasteiger partial charge in [-0.2, -0.15) is 0 Å². The Kier molecular flexibility index (Phi) is 23.6. The third-order valence-electron chi connectivity index (χ3n) is 8.16. The van der Waals surface area contributed by atoms with Crippen molar-refractivity contribution in [2.75, 3.05) is 13.1 Å². The Bertz CT molecular complexity index is 1580. The molecule has 1 aliphatic carbocycles. The minimum absolute atomic E-state index is 0. The van der Waals surface area contributed by atoms with Crippen LogP contribution < -0.4 is 10.6 Å². The summed E-state index contributed by atoms with van der Waals surface area (Å²) in [6.07, 6.45) is 14.7. The van der Waals surface area contributed by atoms with E-state index in [1.807, 2.05) is 52.1 Å². The first-order chi connectivity index (χ1) is 23.7. The summed E-state index contributed by atoms with van der Waals surface area (Å²) >= 11 is 0. The SMILES string of the molecule is C.C#CNCCC.C/C=C(\NCCc1cc(C(C)CC)c(C)c(-c2ccc(F)cc2)n1)c1cc(C)c2ncccc2c1.CC.CC.CC1CC1. The summed E-state index contributed by atoms with van der Waals surface area (Å²) in [5.41, 5.74) is 9.92. The quantitative estimate of drug-likeness (QED) is 0.0993. The van der Waals surface area contributed by atoms with E-state index in [4.69, 9.17) is 11.4 Å². The van der Waals surface area contributed by atoms with Gasteiger partial charge in [-0.05, 0) is 116 Å². The van der Waals surface area contributed by atoms with Gasteiger partial charge in [0.05, 0.1) is 11.2 Å². The van der Waals surface area contributed by atoms with E-state index in [0.29, 0.717) is 5.92 Å². The van der Waals surface area contributed by atoms with E-state index in [1.54, 1.807) is 0 Å². The van der Waals surface area contributed by atoms with Crippen LogP contribution in [0.5, 0.6) is 0 Å². The fourth-order valence-electron chi connectivity index (χ4n) is 5.02. The Labute approximate surface area is 305 Å². The summed E-state index contributed by atoms with van der Waals surface area (Å²) < 4.78 is 13.5. The number of hydrogen-bond acceptors (Lipinski definition) is 4. The minimum Gasteiger partial charge on any atom is -0.384 e. The van der Waals surface area contributed by atoms with Crippen LogP contribution in [0, 0.1) is 38.1 Å². The zero-order valence-electron chi connectivity index (χ0n) is 32.3. The molecule has 2 heterocycles. The molecule has 1 atom stereocenters. The van der Waals surface area contributed by atoms with Gasteiger partial charge >= 0.3 is 0 Å². The Hall–Kier alpha value is -4.17. The van der Waals surface area contributed by atoms with E-state index in [2.05, 4.69) is 100 Å². The van der Waals surface area contributed by atoms with Gasteiger partial charge in [-0.3, -0.25) is 9.97 Å². The molecular formula is C45H67FN4. The van der Waals surface area contributed by atoms with E-state index >= 15 is 0 Å². The molecule has 0 aliphatic heterocycles. The van der Waals surface area contributed by atoms with Crippen LogP contribution in [0.4, 0.5) is 4.39 Å². The number of terminal acetylenes is 1. The summed E-state index contributed by atoms with van der Waals surface area (Å²) in [5.74, 6) is 1.29. The van der Waals surface area contributed by atoms with Crippen LogP contribution in [0.25, 0.3) is 27.9 Å². The first-order valence-electron chi connectivity index (χ1n) is 18.4. The molecule has 50 heavy (non-hydrogen) atoms. The van der Waals surface area contributed by atoms with Crippen LogP contribution in [0.15, 0.2) is 66.9 Å². The van der Waals surface area contributed by atoms with Crippen LogP contribution in [0.3, 0.4) is 0 Å². The molecule has 0 bridgehead atoms. The maximum atomic E-state index is 13.5. The highest BCUT2D eigenvalue weighted by Gasteiger charge is 2.15. The van der Waals surface area contributed by atoms with Gasteiger partial charge in [0.1, 0.15) is 5.82 Å². The largest absolute Gasteiger partial charge is 0.384 e. The second-order valence-electron chi connectivity index (χ2n) is 12.0. The monoisotopic (exact) mass is 683 g/mol. The van der Waals surface area contributed by atoms with E-state index in [9.17, 15) is 4.39 Å². The molecule has 4 nitrogen and oxygen atoms in total. The van der Waals surface area contributed by atoms with E-state index in [-0.39, 0.29) is 13.2 Å². The van der Waals surface area contributed by atoms with Crippen LogP contribution >= 0.6 is 0 Å². The highest BCUT2D eigenvalue weighted by Crippen LogP contribution is 2.31. The highest BCUT2D eigenvalue weighted by atomic mass is 19.1. The van der Waals surface area contributed by atoms with Gasteiger partial charge < -0.3 is 10.6 Å². The predicted octanol–water partition coefficient (Wildman–Crippen LogP) is 12.4. The molecule has 1 saturated carbocycles. The van der Waals surface area contributed by atoms with Gasteiger partial charge in [-0.25, -0.2) is 4.39 Å². The molecule has 0 saturated heterocycles. The maximum absolute atomic E-state index is 13.5. The Morgan fingerprint density at radius 1 is 1.02 bits per heavy atom. The van der Waals surface area contributed by atoms with Crippen molar-refractivity contribution in [3.63, 3.8) is 0 Å². The lowest BCUT2D eigenvalue weighted by Crippen LogP contribution is -2.17. The Morgan fingerprint density at radius 2 is 1.66 bits per heavy atom. The molecule has 2 aromatic heterocycles. The standard InChI is InChI=1S/C31H34FN3.C5H9N.C4H8.2C2H6.CH4/c1-6-20(3)28-19-27(35-31(22(28)5)23-10-12-26(32)13-11-23)14-16-33-29(7-2)25-17-21(4)30-24(18-25)9-8-15-34-30;1-3-5-6-4-2;1-4-2-3-4;2*1-2;/h7-13,15,17-20,33H,6,14,16H2,1-5H3;2,6H,3,5H2,1H3;4H,2-3H2,1H3;2*1-2H3;1H4/b29-7-;;;;;. The number of nitrogens with zero attached hydrogens (tertiary/aromatic N) is 2. The first kappa shape index (κ1) is 45.8. The van der Waals surface area contributed by atoms with Gasteiger partial charge in [0.15, 0.2) is 0 Å². The fourth-order valence-corrected chi connectivity index (χ4v) is 5.02. The zero-order valence-corrected chi connectivity index (χ0v) is 32.3. The topological polar surface area (TPSA) is 49.8 Å². The molecule has 5 heteroatoms. The minimum atomic E-state index is -0.229. The van der Waals surface area contributed by atoms with Gasteiger partial charge in [0, 0.05) is 54.1 Å². The molecular weight excluding hydrogens is 616 g/mol. The van der Waals surface area contributed by atoms with Crippen molar-refractivity contribution in [3.8, 4) is 23.7 Å². The number of benzene rings is 2. The number of halogens is 1. The molecule has 4 aromatic rings. The summed E-state index contributed by atoms with van der Waals surface area (Å²) in [6.45, 7) is 24.8. The van der Waals surface area contributed by atoms with Gasteiger partial charge in [-0.15, -0.1) is 0 Å². The number of pyridine rings is 2. The van der Waals surface area contributed by atoms with Crippen molar-refractivity contribution in [1.82, 2.24) is 20.6 Å². The average molecular weight is 683 g/mol. The van der Waals surface area contributed by atoms with Crippen LogP contribution in [0.1, 0.15) is 129 Å². The number of hydrogen-bond donors (Lipinski definition) is 2. The molecule has 0 amide bonds. The van der Waals surface area contributed by atoms with Gasteiger partial charge in [0.25, 0.3) is 0 Å². The molecule has 5 rings (SSSR count). The average Bonchev–Trinajstić information content (AvgIpc) is 3.93. The van der Waals surface area contributed by atoms with Crippen molar-refractivity contribution in [1.29, 1.82) is 0 Å². The molecule has 1 fully saturated rings. The van der Waals surface area contributed by atoms with Gasteiger partial charge in [0.2, 0.25) is 0 Å². The Morgan fingerprint density at radius 3 is 2.18 bits per heavy atom. The van der Waals surface area contributed by atoms with Crippen molar-refractivity contribution < 1.29 is 4.39 Å².